The standard InChI is InChI=1S/C18H22INO/c1-3-11-20-18(15-5-4-6-16(19)13-15)12-14-7-9-17(21-2)10-8-14/h4-10,13,18,20H,3,11-12H2,1-2H3. The monoisotopic (exact) mass is 395 g/mol. The summed E-state index contributed by atoms with van der Waals surface area (Å²) in [7, 11) is 1.70. The van der Waals surface area contributed by atoms with Gasteiger partial charge < -0.3 is 10.1 Å². The zero-order chi connectivity index (χ0) is 15.1. The molecule has 2 rings (SSSR count). The summed E-state index contributed by atoms with van der Waals surface area (Å²) in [4.78, 5) is 0. The Morgan fingerprint density at radius 1 is 1.14 bits per heavy atom. The summed E-state index contributed by atoms with van der Waals surface area (Å²) in [6.07, 6.45) is 2.13. The molecule has 0 aliphatic carbocycles. The van der Waals surface area contributed by atoms with Crippen molar-refractivity contribution >= 4 is 22.6 Å². The largest absolute Gasteiger partial charge is 0.497 e. The van der Waals surface area contributed by atoms with E-state index in [0.717, 1.165) is 25.1 Å². The van der Waals surface area contributed by atoms with Crippen LogP contribution in [0.4, 0.5) is 0 Å². The lowest BCUT2D eigenvalue weighted by Crippen LogP contribution is -2.24. The summed E-state index contributed by atoms with van der Waals surface area (Å²) in [5.74, 6) is 0.908. The van der Waals surface area contributed by atoms with Gasteiger partial charge in [-0.1, -0.05) is 31.2 Å². The molecule has 0 radical (unpaired) electrons. The summed E-state index contributed by atoms with van der Waals surface area (Å²) in [6, 6.07) is 17.4. The average Bonchev–Trinajstić information content (AvgIpc) is 2.52. The Bertz CT molecular complexity index is 553. The molecule has 21 heavy (non-hydrogen) atoms. The number of halogens is 1. The quantitative estimate of drug-likeness (QED) is 0.693. The minimum absolute atomic E-state index is 0.355. The van der Waals surface area contributed by atoms with Gasteiger partial charge in [-0.05, 0) is 77.4 Å². The molecule has 2 aromatic carbocycles. The summed E-state index contributed by atoms with van der Waals surface area (Å²) in [5.41, 5.74) is 2.68. The number of methoxy groups -OCH3 is 1. The lowest BCUT2D eigenvalue weighted by Gasteiger charge is -2.19. The van der Waals surface area contributed by atoms with Gasteiger partial charge in [0.05, 0.1) is 7.11 Å². The van der Waals surface area contributed by atoms with Crippen LogP contribution in [0, 0.1) is 3.57 Å². The van der Waals surface area contributed by atoms with Gasteiger partial charge in [-0.2, -0.15) is 0 Å². The van der Waals surface area contributed by atoms with Crippen molar-refractivity contribution in [2.24, 2.45) is 0 Å². The lowest BCUT2D eigenvalue weighted by atomic mass is 9.98. The number of rotatable bonds is 7. The molecule has 0 saturated carbocycles. The smallest absolute Gasteiger partial charge is 0.118 e. The van der Waals surface area contributed by atoms with Crippen molar-refractivity contribution in [3.63, 3.8) is 0 Å². The second-order valence-corrected chi connectivity index (χ2v) is 6.36. The molecule has 0 saturated heterocycles. The minimum atomic E-state index is 0.355. The first-order chi connectivity index (χ1) is 10.2. The van der Waals surface area contributed by atoms with Crippen LogP contribution in [0.2, 0.25) is 0 Å². The second-order valence-electron chi connectivity index (χ2n) is 5.11. The van der Waals surface area contributed by atoms with Crippen LogP contribution < -0.4 is 10.1 Å². The molecule has 0 bridgehead atoms. The molecule has 0 aromatic heterocycles. The highest BCUT2D eigenvalue weighted by atomic mass is 127. The predicted octanol–water partition coefficient (Wildman–Crippen LogP) is 4.58. The van der Waals surface area contributed by atoms with Crippen molar-refractivity contribution in [3.05, 3.63) is 63.2 Å². The van der Waals surface area contributed by atoms with Gasteiger partial charge in [0.2, 0.25) is 0 Å². The number of nitrogens with one attached hydrogen (secondary N) is 1. The van der Waals surface area contributed by atoms with Gasteiger partial charge in [0.1, 0.15) is 5.75 Å². The Morgan fingerprint density at radius 3 is 2.52 bits per heavy atom. The molecule has 112 valence electrons. The second kappa shape index (κ2) is 8.39. The van der Waals surface area contributed by atoms with E-state index < -0.39 is 0 Å². The third kappa shape index (κ3) is 5.00. The van der Waals surface area contributed by atoms with Crippen LogP contribution in [0.15, 0.2) is 48.5 Å². The van der Waals surface area contributed by atoms with Crippen LogP contribution in [0.5, 0.6) is 5.75 Å². The minimum Gasteiger partial charge on any atom is -0.497 e. The molecular formula is C18H22INO. The SMILES string of the molecule is CCCNC(Cc1ccc(OC)cc1)c1cccc(I)c1. The van der Waals surface area contributed by atoms with Crippen molar-refractivity contribution in [2.75, 3.05) is 13.7 Å². The van der Waals surface area contributed by atoms with Gasteiger partial charge in [-0.3, -0.25) is 0 Å². The number of hydrogen-bond donors (Lipinski definition) is 1. The number of ether oxygens (including phenoxy) is 1. The van der Waals surface area contributed by atoms with E-state index in [9.17, 15) is 0 Å². The maximum absolute atomic E-state index is 5.22. The molecule has 3 heteroatoms. The van der Waals surface area contributed by atoms with E-state index in [-0.39, 0.29) is 0 Å². The van der Waals surface area contributed by atoms with E-state index >= 15 is 0 Å². The van der Waals surface area contributed by atoms with Crippen molar-refractivity contribution in [1.82, 2.24) is 5.32 Å². The highest BCUT2D eigenvalue weighted by Crippen LogP contribution is 2.22. The fourth-order valence-electron chi connectivity index (χ4n) is 2.35. The van der Waals surface area contributed by atoms with Crippen molar-refractivity contribution in [1.29, 1.82) is 0 Å². The fourth-order valence-corrected chi connectivity index (χ4v) is 2.91. The van der Waals surface area contributed by atoms with Crippen molar-refractivity contribution < 1.29 is 4.74 Å². The van der Waals surface area contributed by atoms with E-state index in [2.05, 4.69) is 71.2 Å². The van der Waals surface area contributed by atoms with Gasteiger partial charge >= 0.3 is 0 Å². The summed E-state index contributed by atoms with van der Waals surface area (Å²) >= 11 is 2.37. The average molecular weight is 395 g/mol. The van der Waals surface area contributed by atoms with Crippen molar-refractivity contribution in [2.45, 2.75) is 25.8 Å². The van der Waals surface area contributed by atoms with Crippen LogP contribution in [-0.2, 0) is 6.42 Å². The molecule has 2 nitrogen and oxygen atoms in total. The molecule has 0 heterocycles. The summed E-state index contributed by atoms with van der Waals surface area (Å²) < 4.78 is 6.50. The molecule has 0 amide bonds. The van der Waals surface area contributed by atoms with Crippen LogP contribution in [0.1, 0.15) is 30.5 Å². The maximum Gasteiger partial charge on any atom is 0.118 e. The molecule has 0 aliphatic heterocycles. The van der Waals surface area contributed by atoms with Gasteiger partial charge in [0, 0.05) is 9.61 Å². The Hall–Kier alpha value is -1.07. The van der Waals surface area contributed by atoms with E-state index in [4.69, 9.17) is 4.74 Å². The molecule has 1 N–H and O–H groups in total. The first kappa shape index (κ1) is 16.3. The van der Waals surface area contributed by atoms with E-state index in [1.54, 1.807) is 7.11 Å². The third-order valence-corrected chi connectivity index (χ3v) is 4.16. The van der Waals surface area contributed by atoms with Gasteiger partial charge in [-0.25, -0.2) is 0 Å². The first-order valence-corrected chi connectivity index (χ1v) is 8.42. The topological polar surface area (TPSA) is 21.3 Å². The van der Waals surface area contributed by atoms with Gasteiger partial charge in [0.15, 0.2) is 0 Å². The Balaban J connectivity index is 2.15. The van der Waals surface area contributed by atoms with E-state index in [0.29, 0.717) is 6.04 Å². The predicted molar refractivity (Wildman–Crippen MR) is 96.9 cm³/mol. The number of hydrogen-bond acceptors (Lipinski definition) is 2. The van der Waals surface area contributed by atoms with Crippen LogP contribution in [0.3, 0.4) is 0 Å². The fraction of sp³-hybridized carbons (Fsp3) is 0.333. The van der Waals surface area contributed by atoms with Gasteiger partial charge in [0.25, 0.3) is 0 Å². The van der Waals surface area contributed by atoms with Crippen LogP contribution in [0.25, 0.3) is 0 Å². The molecule has 1 unspecified atom stereocenters. The Labute approximate surface area is 141 Å². The van der Waals surface area contributed by atoms with Crippen molar-refractivity contribution in [3.8, 4) is 5.75 Å². The molecule has 0 spiro atoms. The highest BCUT2D eigenvalue weighted by Gasteiger charge is 2.12. The first-order valence-electron chi connectivity index (χ1n) is 7.34. The Morgan fingerprint density at radius 2 is 1.90 bits per heavy atom. The number of benzene rings is 2. The highest BCUT2D eigenvalue weighted by molar-refractivity contribution is 14.1. The van der Waals surface area contributed by atoms with Gasteiger partial charge in [-0.15, -0.1) is 0 Å². The molecule has 1 atom stereocenters. The molecule has 0 aliphatic rings. The van der Waals surface area contributed by atoms with Crippen LogP contribution >= 0.6 is 22.6 Å². The van der Waals surface area contributed by atoms with Crippen LogP contribution in [-0.4, -0.2) is 13.7 Å². The normalized spacial score (nSPS) is 12.1. The Kier molecular flexibility index (Phi) is 6.51. The molecule has 0 fully saturated rings. The zero-order valence-electron chi connectivity index (χ0n) is 12.6. The maximum atomic E-state index is 5.22. The summed E-state index contributed by atoms with van der Waals surface area (Å²) in [5, 5.41) is 3.66. The van der Waals surface area contributed by atoms with E-state index in [1.807, 2.05) is 12.1 Å². The third-order valence-electron chi connectivity index (χ3n) is 3.49. The molecule has 2 aromatic rings. The van der Waals surface area contributed by atoms with E-state index in [1.165, 1.54) is 14.7 Å². The zero-order valence-corrected chi connectivity index (χ0v) is 14.8. The lowest BCUT2D eigenvalue weighted by molar-refractivity contribution is 0.414. The molecular weight excluding hydrogens is 373 g/mol. The summed E-state index contributed by atoms with van der Waals surface area (Å²) in [6.45, 7) is 3.23.